The quantitative estimate of drug-likeness (QED) is 0.627. The average Bonchev–Trinajstić information content (AvgIpc) is 3.22. The second-order valence-electron chi connectivity index (χ2n) is 6.57. The van der Waals surface area contributed by atoms with Gasteiger partial charge in [-0.15, -0.1) is 0 Å². The first-order valence-electron chi connectivity index (χ1n) is 8.43. The van der Waals surface area contributed by atoms with E-state index in [4.69, 9.17) is 0 Å². The molecule has 0 fully saturated rings. The summed E-state index contributed by atoms with van der Waals surface area (Å²) in [6, 6.07) is 13.8. The molecule has 0 aromatic heterocycles. The number of allylic oxidation sites excluding steroid dienone is 1. The largest absolute Gasteiger partial charge is 0.367 e. The topological polar surface area (TPSA) is 58.7 Å². The smallest absolute Gasteiger partial charge is 0.269 e. The number of fused-ring (bicyclic) bond motifs is 1. The zero-order valence-corrected chi connectivity index (χ0v) is 14.1. The van der Waals surface area contributed by atoms with E-state index < -0.39 is 0 Å². The van der Waals surface area contributed by atoms with Crippen LogP contribution in [0.4, 0.5) is 11.4 Å². The molecule has 0 saturated carbocycles. The van der Waals surface area contributed by atoms with Crippen LogP contribution in [-0.4, -0.2) is 23.7 Å². The molecule has 0 unspecified atom stereocenters. The van der Waals surface area contributed by atoms with Crippen molar-refractivity contribution in [2.24, 2.45) is 4.99 Å². The maximum Gasteiger partial charge on any atom is 0.269 e. The third-order valence-corrected chi connectivity index (χ3v) is 4.85. The highest BCUT2D eigenvalue weighted by atomic mass is 16.6. The van der Waals surface area contributed by atoms with Gasteiger partial charge >= 0.3 is 0 Å². The summed E-state index contributed by atoms with van der Waals surface area (Å²) in [4.78, 5) is 17.3. The van der Waals surface area contributed by atoms with Gasteiger partial charge in [0.2, 0.25) is 0 Å². The summed E-state index contributed by atoms with van der Waals surface area (Å²) >= 11 is 0. The molecule has 0 bridgehead atoms. The molecule has 0 radical (unpaired) electrons. The van der Waals surface area contributed by atoms with Crippen molar-refractivity contribution in [3.05, 3.63) is 75.3 Å². The fourth-order valence-electron chi connectivity index (χ4n) is 3.51. The lowest BCUT2D eigenvalue weighted by Crippen LogP contribution is -2.19. The van der Waals surface area contributed by atoms with Gasteiger partial charge in [-0.3, -0.25) is 15.1 Å². The van der Waals surface area contributed by atoms with E-state index in [-0.39, 0.29) is 10.6 Å². The van der Waals surface area contributed by atoms with E-state index in [0.29, 0.717) is 0 Å². The first kappa shape index (κ1) is 15.6. The van der Waals surface area contributed by atoms with E-state index in [1.807, 2.05) is 13.0 Å². The maximum atomic E-state index is 10.9. The second kappa shape index (κ2) is 6.16. The Morgan fingerprint density at radius 1 is 1.20 bits per heavy atom. The number of benzene rings is 2. The van der Waals surface area contributed by atoms with Gasteiger partial charge in [-0.25, -0.2) is 0 Å². The van der Waals surface area contributed by atoms with Gasteiger partial charge < -0.3 is 4.90 Å². The van der Waals surface area contributed by atoms with Gasteiger partial charge in [-0.2, -0.15) is 0 Å². The van der Waals surface area contributed by atoms with Gasteiger partial charge in [-0.1, -0.05) is 24.3 Å². The molecule has 5 nitrogen and oxygen atoms in total. The SMILES string of the molecule is CC1=NCC(c2ccc(CN3CCc4cc([N+](=O)[O-])ccc43)cc2)=C1. The molecule has 0 N–H and O–H groups in total. The summed E-state index contributed by atoms with van der Waals surface area (Å²) in [6.07, 6.45) is 3.00. The van der Waals surface area contributed by atoms with E-state index >= 15 is 0 Å². The highest BCUT2D eigenvalue weighted by Crippen LogP contribution is 2.32. The van der Waals surface area contributed by atoms with Crippen LogP contribution in [0.2, 0.25) is 0 Å². The number of aliphatic imine (C=N–C) groups is 1. The van der Waals surface area contributed by atoms with Crippen LogP contribution in [0.25, 0.3) is 5.57 Å². The van der Waals surface area contributed by atoms with Crippen molar-refractivity contribution < 1.29 is 4.92 Å². The molecule has 0 saturated heterocycles. The molecule has 0 spiro atoms. The second-order valence-corrected chi connectivity index (χ2v) is 6.57. The van der Waals surface area contributed by atoms with Gasteiger partial charge in [0, 0.05) is 36.6 Å². The summed E-state index contributed by atoms with van der Waals surface area (Å²) in [6.45, 7) is 4.51. The minimum absolute atomic E-state index is 0.173. The number of nitrogens with zero attached hydrogens (tertiary/aromatic N) is 3. The van der Waals surface area contributed by atoms with E-state index in [0.717, 1.165) is 43.0 Å². The molecule has 4 rings (SSSR count). The van der Waals surface area contributed by atoms with E-state index in [9.17, 15) is 10.1 Å². The number of rotatable bonds is 4. The van der Waals surface area contributed by atoms with E-state index in [1.165, 1.54) is 16.7 Å². The average molecular weight is 333 g/mol. The highest BCUT2D eigenvalue weighted by Gasteiger charge is 2.21. The van der Waals surface area contributed by atoms with Gasteiger partial charge in [0.15, 0.2) is 0 Å². The number of hydrogen-bond acceptors (Lipinski definition) is 4. The standard InChI is InChI=1S/C20H19N3O2/c1-14-10-18(12-21-14)16-4-2-15(3-5-16)13-22-9-8-17-11-19(23(24)25)6-7-20(17)22/h2-7,10-11H,8-9,12-13H2,1H3. The minimum Gasteiger partial charge on any atom is -0.367 e. The number of nitro groups is 1. The Morgan fingerprint density at radius 2 is 2.00 bits per heavy atom. The predicted molar refractivity (Wildman–Crippen MR) is 100 cm³/mol. The summed E-state index contributed by atoms with van der Waals surface area (Å²) < 4.78 is 0. The fraction of sp³-hybridized carbons (Fsp3) is 0.250. The summed E-state index contributed by atoms with van der Waals surface area (Å²) in [5.74, 6) is 0. The van der Waals surface area contributed by atoms with Crippen molar-refractivity contribution in [3.63, 3.8) is 0 Å². The van der Waals surface area contributed by atoms with Crippen LogP contribution in [0.5, 0.6) is 0 Å². The Hall–Kier alpha value is -2.95. The third-order valence-electron chi connectivity index (χ3n) is 4.85. The van der Waals surface area contributed by atoms with Crippen LogP contribution < -0.4 is 4.90 Å². The molecule has 2 aromatic carbocycles. The number of anilines is 1. The predicted octanol–water partition coefficient (Wildman–Crippen LogP) is 4.02. The summed E-state index contributed by atoms with van der Waals surface area (Å²) in [5.41, 5.74) is 7.16. The molecule has 0 amide bonds. The molecule has 0 aliphatic carbocycles. The van der Waals surface area contributed by atoms with Crippen molar-refractivity contribution in [1.29, 1.82) is 0 Å². The van der Waals surface area contributed by atoms with Crippen LogP contribution in [0.3, 0.4) is 0 Å². The normalized spacial score (nSPS) is 15.8. The Labute approximate surface area is 146 Å². The lowest BCUT2D eigenvalue weighted by molar-refractivity contribution is -0.384. The Balaban J connectivity index is 1.49. The lowest BCUT2D eigenvalue weighted by Gasteiger charge is -2.19. The van der Waals surface area contributed by atoms with Crippen LogP contribution in [0, 0.1) is 10.1 Å². The van der Waals surface area contributed by atoms with E-state index in [1.54, 1.807) is 12.1 Å². The molecule has 2 aliphatic rings. The van der Waals surface area contributed by atoms with Crippen LogP contribution in [-0.2, 0) is 13.0 Å². The van der Waals surface area contributed by atoms with Crippen molar-refractivity contribution in [2.45, 2.75) is 19.9 Å². The summed E-state index contributed by atoms with van der Waals surface area (Å²) in [7, 11) is 0. The molecular formula is C20H19N3O2. The molecule has 25 heavy (non-hydrogen) atoms. The van der Waals surface area contributed by atoms with Crippen molar-refractivity contribution in [1.82, 2.24) is 0 Å². The van der Waals surface area contributed by atoms with Crippen LogP contribution in [0.15, 0.2) is 53.5 Å². The Morgan fingerprint density at radius 3 is 2.68 bits per heavy atom. The number of nitro benzene ring substituents is 1. The van der Waals surface area contributed by atoms with Crippen molar-refractivity contribution in [3.8, 4) is 0 Å². The van der Waals surface area contributed by atoms with Crippen molar-refractivity contribution >= 4 is 22.7 Å². The zero-order chi connectivity index (χ0) is 17.4. The molecule has 2 aromatic rings. The van der Waals surface area contributed by atoms with E-state index in [2.05, 4.69) is 40.2 Å². The Kier molecular flexibility index (Phi) is 3.84. The molecule has 0 atom stereocenters. The van der Waals surface area contributed by atoms with Crippen LogP contribution >= 0.6 is 0 Å². The molecule has 126 valence electrons. The lowest BCUT2D eigenvalue weighted by atomic mass is 10.0. The number of non-ortho nitro benzene ring substituents is 1. The van der Waals surface area contributed by atoms with Gasteiger partial charge in [-0.05, 0) is 47.8 Å². The third kappa shape index (κ3) is 3.05. The molecule has 2 heterocycles. The monoisotopic (exact) mass is 333 g/mol. The molecular weight excluding hydrogens is 314 g/mol. The first-order chi connectivity index (χ1) is 12.1. The maximum absolute atomic E-state index is 10.9. The van der Waals surface area contributed by atoms with Crippen molar-refractivity contribution in [2.75, 3.05) is 18.0 Å². The first-order valence-corrected chi connectivity index (χ1v) is 8.43. The zero-order valence-electron chi connectivity index (χ0n) is 14.1. The van der Waals surface area contributed by atoms with Crippen LogP contribution in [0.1, 0.15) is 23.6 Å². The summed E-state index contributed by atoms with van der Waals surface area (Å²) in [5, 5.41) is 10.9. The molecule has 2 aliphatic heterocycles. The Bertz CT molecular complexity index is 898. The number of hydrogen-bond donors (Lipinski definition) is 0. The van der Waals surface area contributed by atoms with Gasteiger partial charge in [0.25, 0.3) is 5.69 Å². The minimum atomic E-state index is -0.329. The van der Waals surface area contributed by atoms with Gasteiger partial charge in [0.05, 0.1) is 11.5 Å². The molecule has 5 heteroatoms. The highest BCUT2D eigenvalue weighted by molar-refractivity contribution is 6.03. The fourth-order valence-corrected chi connectivity index (χ4v) is 3.51. The van der Waals surface area contributed by atoms with Gasteiger partial charge in [0.1, 0.15) is 0 Å².